The zero-order chi connectivity index (χ0) is 21.5. The Hall–Kier alpha value is -2.35. The molecule has 30 heavy (non-hydrogen) atoms. The van der Waals surface area contributed by atoms with Crippen molar-refractivity contribution in [2.75, 3.05) is 6.26 Å². The highest BCUT2D eigenvalue weighted by molar-refractivity contribution is 7.90. The summed E-state index contributed by atoms with van der Waals surface area (Å²) in [6.07, 6.45) is 9.21. The van der Waals surface area contributed by atoms with Gasteiger partial charge in [0.2, 0.25) is 0 Å². The summed E-state index contributed by atoms with van der Waals surface area (Å²) in [7, 11) is -3.43. The third kappa shape index (κ3) is 4.24. The van der Waals surface area contributed by atoms with Crippen molar-refractivity contribution in [1.82, 2.24) is 14.7 Å². The maximum atomic E-state index is 13.3. The van der Waals surface area contributed by atoms with Gasteiger partial charge in [0.1, 0.15) is 5.75 Å². The standard InChI is InChI=1S/C22H29N3O4S/c1-15(2)29-21-10-9-18(30(3,27)28)11-19(21)22(26)24-12-16-13-25(23-20(16)14-24)17-7-5-4-6-8-17/h9-11,13,15,17H,4-8,12,14H2,1-3H3. The second-order valence-corrected chi connectivity index (χ2v) is 10.6. The van der Waals surface area contributed by atoms with Crippen molar-refractivity contribution in [2.24, 2.45) is 0 Å². The van der Waals surface area contributed by atoms with Crippen molar-refractivity contribution >= 4 is 15.7 Å². The van der Waals surface area contributed by atoms with E-state index in [0.29, 0.717) is 24.9 Å². The zero-order valence-electron chi connectivity index (χ0n) is 17.8. The summed E-state index contributed by atoms with van der Waals surface area (Å²) in [5.74, 6) is 0.164. The summed E-state index contributed by atoms with van der Waals surface area (Å²) in [5.41, 5.74) is 2.27. The van der Waals surface area contributed by atoms with E-state index in [0.717, 1.165) is 30.4 Å². The van der Waals surface area contributed by atoms with Gasteiger partial charge >= 0.3 is 0 Å². The van der Waals surface area contributed by atoms with Crippen molar-refractivity contribution < 1.29 is 17.9 Å². The van der Waals surface area contributed by atoms with Gasteiger partial charge in [-0.25, -0.2) is 8.42 Å². The number of hydrogen-bond acceptors (Lipinski definition) is 5. The number of aromatic nitrogens is 2. The van der Waals surface area contributed by atoms with Crippen LogP contribution in [-0.4, -0.2) is 41.4 Å². The van der Waals surface area contributed by atoms with Crippen LogP contribution in [0.5, 0.6) is 5.75 Å². The van der Waals surface area contributed by atoms with Gasteiger partial charge in [-0.3, -0.25) is 9.48 Å². The summed E-state index contributed by atoms with van der Waals surface area (Å²) in [4.78, 5) is 15.1. The number of ether oxygens (including phenoxy) is 1. The fourth-order valence-corrected chi connectivity index (χ4v) is 4.93. The monoisotopic (exact) mass is 431 g/mol. The molecule has 2 aliphatic rings. The van der Waals surface area contributed by atoms with Crippen molar-refractivity contribution in [3.8, 4) is 5.75 Å². The first-order valence-electron chi connectivity index (χ1n) is 10.6. The van der Waals surface area contributed by atoms with Crippen molar-refractivity contribution in [3.05, 3.63) is 41.2 Å². The minimum absolute atomic E-state index is 0.112. The minimum atomic E-state index is -3.43. The molecule has 7 nitrogen and oxygen atoms in total. The molecule has 0 saturated heterocycles. The Bertz CT molecular complexity index is 1030. The lowest BCUT2D eigenvalue weighted by molar-refractivity contribution is 0.0742. The quantitative estimate of drug-likeness (QED) is 0.720. The Labute approximate surface area is 177 Å². The number of nitrogens with zero attached hydrogens (tertiary/aromatic N) is 3. The molecule has 1 aromatic heterocycles. The number of benzene rings is 1. The first-order chi connectivity index (χ1) is 14.2. The molecule has 1 amide bonds. The third-order valence-electron chi connectivity index (χ3n) is 5.81. The lowest BCUT2D eigenvalue weighted by atomic mass is 9.96. The maximum absolute atomic E-state index is 13.3. The average molecular weight is 432 g/mol. The number of sulfone groups is 1. The molecule has 0 N–H and O–H groups in total. The fourth-order valence-electron chi connectivity index (χ4n) is 4.28. The number of rotatable bonds is 5. The Morgan fingerprint density at radius 1 is 1.17 bits per heavy atom. The van der Waals surface area contributed by atoms with Gasteiger partial charge in [-0.15, -0.1) is 0 Å². The number of carbonyl (C=O) groups is 1. The molecule has 8 heteroatoms. The van der Waals surface area contributed by atoms with E-state index in [2.05, 4.69) is 10.9 Å². The third-order valence-corrected chi connectivity index (χ3v) is 6.92. The molecule has 1 aromatic carbocycles. The van der Waals surface area contributed by atoms with Gasteiger partial charge in [0, 0.05) is 24.6 Å². The Balaban J connectivity index is 1.57. The normalized spacial score (nSPS) is 17.4. The van der Waals surface area contributed by atoms with Crippen molar-refractivity contribution in [1.29, 1.82) is 0 Å². The molecule has 4 rings (SSSR count). The average Bonchev–Trinajstić information content (AvgIpc) is 3.26. The number of amides is 1. The molecule has 1 aliphatic heterocycles. The molecule has 162 valence electrons. The van der Waals surface area contributed by atoms with Crippen LogP contribution in [0, 0.1) is 0 Å². The second-order valence-electron chi connectivity index (χ2n) is 8.63. The van der Waals surface area contributed by atoms with E-state index < -0.39 is 9.84 Å². The van der Waals surface area contributed by atoms with Crippen LogP contribution in [0.3, 0.4) is 0 Å². The molecule has 1 fully saturated rings. The van der Waals surface area contributed by atoms with Crippen molar-refractivity contribution in [3.63, 3.8) is 0 Å². The predicted octanol–water partition coefficient (Wildman–Crippen LogP) is 3.74. The highest BCUT2D eigenvalue weighted by Gasteiger charge is 2.31. The van der Waals surface area contributed by atoms with E-state index in [1.807, 2.05) is 13.8 Å². The van der Waals surface area contributed by atoms with Gasteiger partial charge in [0.05, 0.1) is 34.8 Å². The van der Waals surface area contributed by atoms with Crippen LogP contribution in [0.2, 0.25) is 0 Å². The molecule has 1 saturated carbocycles. The van der Waals surface area contributed by atoms with Crippen LogP contribution in [0.1, 0.15) is 73.6 Å². The summed E-state index contributed by atoms with van der Waals surface area (Å²) >= 11 is 0. The highest BCUT2D eigenvalue weighted by atomic mass is 32.2. The lowest BCUT2D eigenvalue weighted by Crippen LogP contribution is -2.27. The van der Waals surface area contributed by atoms with Gasteiger partial charge in [-0.2, -0.15) is 5.10 Å². The second kappa shape index (κ2) is 8.06. The molecular formula is C22H29N3O4S. The van der Waals surface area contributed by atoms with Crippen molar-refractivity contribution in [2.45, 2.75) is 76.1 Å². The molecule has 0 atom stereocenters. The summed E-state index contributed by atoms with van der Waals surface area (Å²) in [6.45, 7) is 4.65. The zero-order valence-corrected chi connectivity index (χ0v) is 18.6. The summed E-state index contributed by atoms with van der Waals surface area (Å²) < 4.78 is 31.9. The van der Waals surface area contributed by atoms with Crippen LogP contribution < -0.4 is 4.74 Å². The topological polar surface area (TPSA) is 81.5 Å². The van der Waals surface area contributed by atoms with E-state index in [1.54, 1.807) is 11.0 Å². The van der Waals surface area contributed by atoms with Crippen LogP contribution in [0.15, 0.2) is 29.3 Å². The molecule has 0 bridgehead atoms. The van der Waals surface area contributed by atoms with E-state index in [4.69, 9.17) is 9.84 Å². The Morgan fingerprint density at radius 3 is 2.53 bits per heavy atom. The van der Waals surface area contributed by atoms with Crippen LogP contribution >= 0.6 is 0 Å². The van der Waals surface area contributed by atoms with E-state index in [1.165, 1.54) is 31.4 Å². The fraction of sp³-hybridized carbons (Fsp3) is 0.545. The van der Waals surface area contributed by atoms with Gasteiger partial charge in [0.25, 0.3) is 5.91 Å². The predicted molar refractivity (Wildman–Crippen MR) is 113 cm³/mol. The van der Waals surface area contributed by atoms with Gasteiger partial charge in [0.15, 0.2) is 9.84 Å². The van der Waals surface area contributed by atoms with E-state index >= 15 is 0 Å². The molecule has 0 spiro atoms. The molecule has 2 heterocycles. The SMILES string of the molecule is CC(C)Oc1ccc(S(C)(=O)=O)cc1C(=O)N1Cc2cn(C3CCCCC3)nc2C1. The first-order valence-corrected chi connectivity index (χ1v) is 12.5. The summed E-state index contributed by atoms with van der Waals surface area (Å²) in [6, 6.07) is 4.94. The summed E-state index contributed by atoms with van der Waals surface area (Å²) in [5, 5.41) is 4.76. The number of carbonyl (C=O) groups excluding carboxylic acids is 1. The van der Waals surface area contributed by atoms with E-state index in [9.17, 15) is 13.2 Å². The molecule has 1 aliphatic carbocycles. The lowest BCUT2D eigenvalue weighted by Gasteiger charge is -2.23. The Kier molecular flexibility index (Phi) is 5.61. The van der Waals surface area contributed by atoms with Gasteiger partial charge < -0.3 is 9.64 Å². The smallest absolute Gasteiger partial charge is 0.258 e. The largest absolute Gasteiger partial charge is 0.490 e. The Morgan fingerprint density at radius 2 is 1.90 bits per heavy atom. The van der Waals surface area contributed by atoms with Gasteiger partial charge in [-0.1, -0.05) is 19.3 Å². The first kappa shape index (κ1) is 20.9. The van der Waals surface area contributed by atoms with E-state index in [-0.39, 0.29) is 22.5 Å². The molecule has 2 aromatic rings. The van der Waals surface area contributed by atoms with Crippen LogP contribution in [0.25, 0.3) is 0 Å². The molecule has 0 unspecified atom stereocenters. The van der Waals surface area contributed by atoms with Gasteiger partial charge in [-0.05, 0) is 44.9 Å². The van der Waals surface area contributed by atoms with Crippen LogP contribution in [-0.2, 0) is 22.9 Å². The molecular weight excluding hydrogens is 402 g/mol. The number of fused-ring (bicyclic) bond motifs is 1. The molecule has 0 radical (unpaired) electrons. The number of hydrogen-bond donors (Lipinski definition) is 0. The maximum Gasteiger partial charge on any atom is 0.258 e. The van der Waals surface area contributed by atoms with Crippen LogP contribution in [0.4, 0.5) is 0 Å². The minimum Gasteiger partial charge on any atom is -0.490 e. The highest BCUT2D eigenvalue weighted by Crippen LogP contribution is 2.32.